The second kappa shape index (κ2) is 9.16. The number of hydrogen-bond acceptors (Lipinski definition) is 5. The molecule has 2 N–H and O–H groups in total. The van der Waals surface area contributed by atoms with Gasteiger partial charge in [0, 0.05) is 39.2 Å². The fourth-order valence-electron chi connectivity index (χ4n) is 1.74. The van der Waals surface area contributed by atoms with Crippen LogP contribution in [0, 0.1) is 0 Å². The van der Waals surface area contributed by atoms with Gasteiger partial charge in [-0.2, -0.15) is 0 Å². The second-order valence-corrected chi connectivity index (χ2v) is 6.41. The van der Waals surface area contributed by atoms with Crippen molar-refractivity contribution in [1.82, 2.24) is 9.29 Å². The molecule has 0 aliphatic heterocycles. The molecule has 0 aromatic carbocycles. The molecule has 0 unspecified atom stereocenters. The molecule has 0 saturated heterocycles. The Bertz CT molecular complexity index is 513. The molecular formula is C13H24N2O5S. The maximum absolute atomic E-state index is 12.0. The molecule has 0 saturated carbocycles. The van der Waals surface area contributed by atoms with Gasteiger partial charge in [-0.1, -0.05) is 0 Å². The molecular weight excluding hydrogens is 296 g/mol. The minimum atomic E-state index is -3.52. The normalized spacial score (nSPS) is 12.0. The van der Waals surface area contributed by atoms with E-state index in [1.807, 2.05) is 0 Å². The minimum Gasteiger partial charge on any atom is -0.390 e. The van der Waals surface area contributed by atoms with E-state index in [4.69, 9.17) is 14.6 Å². The highest BCUT2D eigenvalue weighted by atomic mass is 32.2. The molecule has 0 amide bonds. The standard InChI is InChI=1S/C13H24N2O5S/c1-15-10-13(9-12(15)11-16)21(17,18)14-5-3-4-6-20-8-7-19-2/h9-10,14,16H,3-8,11H2,1-2H3. The summed E-state index contributed by atoms with van der Waals surface area (Å²) in [4.78, 5) is 0.172. The van der Waals surface area contributed by atoms with Crippen molar-refractivity contribution in [3.8, 4) is 0 Å². The summed E-state index contributed by atoms with van der Waals surface area (Å²) < 4.78 is 38.3. The average molecular weight is 320 g/mol. The molecule has 0 aliphatic carbocycles. The summed E-state index contributed by atoms with van der Waals surface area (Å²) in [6.45, 7) is 1.87. The SMILES string of the molecule is COCCOCCCCNS(=O)(=O)c1cc(CO)n(C)c1. The summed E-state index contributed by atoms with van der Waals surface area (Å²) in [5, 5.41) is 9.07. The lowest BCUT2D eigenvalue weighted by Gasteiger charge is -2.05. The van der Waals surface area contributed by atoms with E-state index >= 15 is 0 Å². The Kier molecular flexibility index (Phi) is 7.91. The Morgan fingerprint density at radius 2 is 2.05 bits per heavy atom. The zero-order valence-electron chi connectivity index (χ0n) is 12.5. The molecule has 122 valence electrons. The van der Waals surface area contributed by atoms with Crippen LogP contribution in [0.1, 0.15) is 18.5 Å². The van der Waals surface area contributed by atoms with Crippen LogP contribution < -0.4 is 4.72 Å². The molecule has 0 bridgehead atoms. The van der Waals surface area contributed by atoms with Gasteiger partial charge >= 0.3 is 0 Å². The lowest BCUT2D eigenvalue weighted by atomic mass is 10.3. The quantitative estimate of drug-likeness (QED) is 0.570. The zero-order valence-corrected chi connectivity index (χ0v) is 13.4. The van der Waals surface area contributed by atoms with E-state index in [9.17, 15) is 8.42 Å². The van der Waals surface area contributed by atoms with Crippen molar-refractivity contribution in [2.75, 3.05) is 33.5 Å². The molecule has 1 heterocycles. The van der Waals surface area contributed by atoms with Crippen molar-refractivity contribution in [3.05, 3.63) is 18.0 Å². The van der Waals surface area contributed by atoms with Crippen LogP contribution in [0.5, 0.6) is 0 Å². The molecule has 0 radical (unpaired) electrons. The van der Waals surface area contributed by atoms with Crippen LogP contribution in [-0.2, 0) is 33.2 Å². The third kappa shape index (κ3) is 6.15. The van der Waals surface area contributed by atoms with Gasteiger partial charge in [-0.15, -0.1) is 0 Å². The van der Waals surface area contributed by atoms with Crippen LogP contribution >= 0.6 is 0 Å². The predicted molar refractivity (Wildman–Crippen MR) is 78.5 cm³/mol. The van der Waals surface area contributed by atoms with Crippen molar-refractivity contribution in [2.45, 2.75) is 24.3 Å². The molecule has 0 aliphatic rings. The maximum Gasteiger partial charge on any atom is 0.242 e. The fourth-order valence-corrected chi connectivity index (χ4v) is 2.91. The van der Waals surface area contributed by atoms with Crippen LogP contribution in [-0.4, -0.2) is 51.6 Å². The molecule has 0 spiro atoms. The van der Waals surface area contributed by atoms with Crippen LogP contribution in [0.15, 0.2) is 17.2 Å². The van der Waals surface area contributed by atoms with E-state index in [0.717, 1.165) is 6.42 Å². The lowest BCUT2D eigenvalue weighted by molar-refractivity contribution is 0.0689. The molecule has 8 heteroatoms. The van der Waals surface area contributed by atoms with Gasteiger partial charge in [0.25, 0.3) is 0 Å². The smallest absolute Gasteiger partial charge is 0.242 e. The summed E-state index contributed by atoms with van der Waals surface area (Å²) >= 11 is 0. The van der Waals surface area contributed by atoms with Crippen molar-refractivity contribution < 1.29 is 23.0 Å². The largest absolute Gasteiger partial charge is 0.390 e. The number of aliphatic hydroxyl groups excluding tert-OH is 1. The number of nitrogens with zero attached hydrogens (tertiary/aromatic N) is 1. The van der Waals surface area contributed by atoms with Crippen molar-refractivity contribution in [3.63, 3.8) is 0 Å². The van der Waals surface area contributed by atoms with Crippen LogP contribution in [0.2, 0.25) is 0 Å². The van der Waals surface area contributed by atoms with E-state index in [1.165, 1.54) is 12.3 Å². The fraction of sp³-hybridized carbons (Fsp3) is 0.692. The minimum absolute atomic E-state index is 0.172. The van der Waals surface area contributed by atoms with Crippen molar-refractivity contribution >= 4 is 10.0 Å². The van der Waals surface area contributed by atoms with Gasteiger partial charge < -0.3 is 19.1 Å². The maximum atomic E-state index is 12.0. The van der Waals surface area contributed by atoms with Gasteiger partial charge in [0.1, 0.15) is 0 Å². The first-order chi connectivity index (χ1) is 10.0. The van der Waals surface area contributed by atoms with E-state index in [1.54, 1.807) is 18.7 Å². The van der Waals surface area contributed by atoms with E-state index in [-0.39, 0.29) is 11.5 Å². The van der Waals surface area contributed by atoms with Gasteiger partial charge in [-0.3, -0.25) is 0 Å². The molecule has 0 fully saturated rings. The van der Waals surface area contributed by atoms with Crippen LogP contribution in [0.25, 0.3) is 0 Å². The van der Waals surface area contributed by atoms with Gasteiger partial charge in [0.2, 0.25) is 10.0 Å². The van der Waals surface area contributed by atoms with Crippen molar-refractivity contribution in [2.24, 2.45) is 7.05 Å². The number of aryl methyl sites for hydroxylation is 1. The number of ether oxygens (including phenoxy) is 2. The number of unbranched alkanes of at least 4 members (excludes halogenated alkanes) is 1. The van der Waals surface area contributed by atoms with E-state index < -0.39 is 10.0 Å². The Morgan fingerprint density at radius 1 is 1.29 bits per heavy atom. The number of methoxy groups -OCH3 is 1. The Morgan fingerprint density at radius 3 is 2.67 bits per heavy atom. The molecule has 1 rings (SSSR count). The topological polar surface area (TPSA) is 89.8 Å². The summed E-state index contributed by atoms with van der Waals surface area (Å²) in [5.41, 5.74) is 0.557. The molecule has 21 heavy (non-hydrogen) atoms. The summed E-state index contributed by atoms with van der Waals surface area (Å²) in [7, 11) is -0.205. The monoisotopic (exact) mass is 320 g/mol. The number of nitrogens with one attached hydrogen (secondary N) is 1. The van der Waals surface area contributed by atoms with E-state index in [0.29, 0.717) is 38.5 Å². The van der Waals surface area contributed by atoms with Gasteiger partial charge in [0.15, 0.2) is 0 Å². The molecule has 1 aromatic heterocycles. The molecule has 1 aromatic rings. The third-order valence-electron chi connectivity index (χ3n) is 2.99. The Balaban J connectivity index is 2.30. The Labute approximate surface area is 125 Å². The number of aliphatic hydroxyl groups is 1. The first-order valence-corrected chi connectivity index (χ1v) is 8.32. The number of aromatic nitrogens is 1. The number of hydrogen-bond donors (Lipinski definition) is 2. The zero-order chi connectivity index (χ0) is 15.7. The van der Waals surface area contributed by atoms with Crippen LogP contribution in [0.3, 0.4) is 0 Å². The number of sulfonamides is 1. The van der Waals surface area contributed by atoms with Gasteiger partial charge in [0.05, 0.1) is 24.7 Å². The second-order valence-electron chi connectivity index (χ2n) is 4.65. The predicted octanol–water partition coefficient (Wildman–Crippen LogP) is 0.239. The first-order valence-electron chi connectivity index (χ1n) is 6.83. The Hall–Kier alpha value is -0.930. The summed E-state index contributed by atoms with van der Waals surface area (Å²) in [5.74, 6) is 0. The first kappa shape index (κ1) is 18.1. The lowest BCUT2D eigenvalue weighted by Crippen LogP contribution is -2.24. The summed E-state index contributed by atoms with van der Waals surface area (Å²) in [6.07, 6.45) is 2.97. The van der Waals surface area contributed by atoms with Crippen molar-refractivity contribution in [1.29, 1.82) is 0 Å². The van der Waals surface area contributed by atoms with Gasteiger partial charge in [-0.05, 0) is 18.9 Å². The highest BCUT2D eigenvalue weighted by molar-refractivity contribution is 7.89. The van der Waals surface area contributed by atoms with Crippen LogP contribution in [0.4, 0.5) is 0 Å². The van der Waals surface area contributed by atoms with Gasteiger partial charge in [-0.25, -0.2) is 13.1 Å². The molecule has 0 atom stereocenters. The number of rotatable bonds is 11. The third-order valence-corrected chi connectivity index (χ3v) is 4.42. The van der Waals surface area contributed by atoms with E-state index in [2.05, 4.69) is 4.72 Å². The average Bonchev–Trinajstić information content (AvgIpc) is 2.84. The highest BCUT2D eigenvalue weighted by Gasteiger charge is 2.16. The summed E-state index contributed by atoms with van der Waals surface area (Å²) in [6, 6.07) is 1.47. The highest BCUT2D eigenvalue weighted by Crippen LogP contribution is 2.13. The molecule has 7 nitrogen and oxygen atoms in total.